The number of benzene rings is 1. The fourth-order valence-corrected chi connectivity index (χ4v) is 5.03. The summed E-state index contributed by atoms with van der Waals surface area (Å²) in [5, 5.41) is 2.88. The van der Waals surface area contributed by atoms with Gasteiger partial charge >= 0.3 is 11.9 Å². The standard InChI is InChI=1S/C23H29N3O4/c1-15-11-12-20(30-2)18(13-15)24-21(27)14-25-19-10-6-9-17(19)22(28)26(23(25)29)16-7-4-3-5-8-16/h11-13,16-17H,3-10,14H2,1-2H3/p+1. The maximum Gasteiger partial charge on any atom is 0.501 e. The number of rotatable bonds is 5. The maximum absolute atomic E-state index is 13.3. The Hall–Kier alpha value is -2.70. The number of hydrogen-bond acceptors (Lipinski definition) is 4. The third-order valence-electron chi connectivity index (χ3n) is 6.52. The summed E-state index contributed by atoms with van der Waals surface area (Å²) in [5.41, 5.74) is 2.39. The number of nitrogens with one attached hydrogen (secondary N) is 1. The molecule has 0 aromatic heterocycles. The molecule has 4 amide bonds. The Kier molecular flexibility index (Phi) is 5.88. The minimum atomic E-state index is -0.327. The minimum absolute atomic E-state index is 0.0386. The van der Waals surface area contributed by atoms with Crippen LogP contribution in [-0.2, 0) is 9.59 Å². The number of methoxy groups -OCH3 is 1. The predicted molar refractivity (Wildman–Crippen MR) is 113 cm³/mol. The van der Waals surface area contributed by atoms with Crippen LogP contribution in [-0.4, -0.2) is 52.7 Å². The normalized spacial score (nSPS) is 22.3. The molecule has 0 saturated heterocycles. The number of ether oxygens (including phenoxy) is 1. The first-order valence-corrected chi connectivity index (χ1v) is 10.9. The number of hydrogen-bond donors (Lipinski definition) is 1. The first kappa shape index (κ1) is 20.6. The number of carbonyl (C=O) groups is 3. The summed E-state index contributed by atoms with van der Waals surface area (Å²) >= 11 is 0. The van der Waals surface area contributed by atoms with Crippen LogP contribution >= 0.6 is 0 Å². The highest BCUT2D eigenvalue weighted by molar-refractivity contribution is 6.12. The molecule has 1 N–H and O–H groups in total. The summed E-state index contributed by atoms with van der Waals surface area (Å²) < 4.78 is 6.90. The lowest BCUT2D eigenvalue weighted by Gasteiger charge is -2.32. The highest BCUT2D eigenvalue weighted by Gasteiger charge is 2.52. The third-order valence-corrected chi connectivity index (χ3v) is 6.52. The average molecular weight is 413 g/mol. The van der Waals surface area contributed by atoms with E-state index < -0.39 is 0 Å². The molecule has 3 aliphatic rings. The van der Waals surface area contributed by atoms with E-state index in [1.807, 2.05) is 25.1 Å². The second kappa shape index (κ2) is 8.58. The molecule has 2 saturated carbocycles. The smallest absolute Gasteiger partial charge is 0.495 e. The molecule has 0 spiro atoms. The molecular formula is C23H30N3O4+. The Morgan fingerprint density at radius 1 is 1.17 bits per heavy atom. The van der Waals surface area contributed by atoms with E-state index in [1.165, 1.54) is 4.90 Å². The van der Waals surface area contributed by atoms with E-state index in [4.69, 9.17) is 4.74 Å². The Morgan fingerprint density at radius 3 is 2.67 bits per heavy atom. The SMILES string of the molecule is COc1ccc(C)cc1NC(=O)C[N+]1=C2CCCC2C(=O)N(C2CCCCC2)C1=O. The van der Waals surface area contributed by atoms with E-state index in [2.05, 4.69) is 5.32 Å². The number of carbonyl (C=O) groups excluding carboxylic acids is 3. The molecule has 1 aliphatic heterocycles. The number of aryl methyl sites for hydroxylation is 1. The average Bonchev–Trinajstić information content (AvgIpc) is 3.22. The molecule has 2 fully saturated rings. The van der Waals surface area contributed by atoms with Crippen LogP contribution in [0.2, 0.25) is 0 Å². The highest BCUT2D eigenvalue weighted by atomic mass is 16.5. The molecule has 160 valence electrons. The van der Waals surface area contributed by atoms with Crippen molar-refractivity contribution in [1.82, 2.24) is 4.90 Å². The summed E-state index contributed by atoms with van der Waals surface area (Å²) in [4.78, 5) is 40.8. The van der Waals surface area contributed by atoms with Gasteiger partial charge in [-0.2, -0.15) is 14.3 Å². The maximum atomic E-state index is 13.3. The van der Waals surface area contributed by atoms with Gasteiger partial charge in [0.25, 0.3) is 5.91 Å². The van der Waals surface area contributed by atoms with Gasteiger partial charge in [-0.25, -0.2) is 4.79 Å². The van der Waals surface area contributed by atoms with Gasteiger partial charge in [0, 0.05) is 6.42 Å². The summed E-state index contributed by atoms with van der Waals surface area (Å²) in [7, 11) is 1.56. The molecule has 1 heterocycles. The Morgan fingerprint density at radius 2 is 1.93 bits per heavy atom. The van der Waals surface area contributed by atoms with Gasteiger partial charge in [0.15, 0.2) is 6.54 Å². The molecule has 4 rings (SSSR count). The van der Waals surface area contributed by atoms with Crippen molar-refractivity contribution in [2.45, 2.75) is 64.3 Å². The number of urea groups is 1. The van der Waals surface area contributed by atoms with Gasteiger partial charge in [-0.05, 0) is 63.1 Å². The lowest BCUT2D eigenvalue weighted by Crippen LogP contribution is -2.58. The van der Waals surface area contributed by atoms with Crippen molar-refractivity contribution in [3.63, 3.8) is 0 Å². The number of imide groups is 1. The van der Waals surface area contributed by atoms with E-state index in [0.29, 0.717) is 17.9 Å². The van der Waals surface area contributed by atoms with Gasteiger partial charge in [-0.15, -0.1) is 0 Å². The zero-order valence-corrected chi connectivity index (χ0v) is 17.8. The number of amides is 4. The van der Waals surface area contributed by atoms with Gasteiger partial charge in [-0.1, -0.05) is 12.5 Å². The van der Waals surface area contributed by atoms with Crippen molar-refractivity contribution < 1.29 is 23.7 Å². The second-order valence-corrected chi connectivity index (χ2v) is 8.56. The van der Waals surface area contributed by atoms with Gasteiger partial charge < -0.3 is 10.1 Å². The van der Waals surface area contributed by atoms with Crippen molar-refractivity contribution in [3.05, 3.63) is 23.8 Å². The van der Waals surface area contributed by atoms with Crippen molar-refractivity contribution in [3.8, 4) is 5.75 Å². The van der Waals surface area contributed by atoms with Crippen molar-refractivity contribution in [2.75, 3.05) is 19.0 Å². The molecule has 30 heavy (non-hydrogen) atoms. The van der Waals surface area contributed by atoms with Crippen LogP contribution in [0, 0.1) is 12.8 Å². The molecule has 1 unspecified atom stereocenters. The van der Waals surface area contributed by atoms with Crippen molar-refractivity contribution in [2.24, 2.45) is 5.92 Å². The largest absolute Gasteiger partial charge is 0.501 e. The lowest BCUT2D eigenvalue weighted by molar-refractivity contribution is -0.430. The monoisotopic (exact) mass is 412 g/mol. The van der Waals surface area contributed by atoms with Crippen LogP contribution in [0.4, 0.5) is 10.5 Å². The third kappa shape index (κ3) is 3.85. The van der Waals surface area contributed by atoms with E-state index in [-0.39, 0.29) is 36.3 Å². The van der Waals surface area contributed by atoms with Crippen LogP contribution in [0.25, 0.3) is 0 Å². The van der Waals surface area contributed by atoms with Gasteiger partial charge in [0.1, 0.15) is 17.7 Å². The van der Waals surface area contributed by atoms with E-state index >= 15 is 0 Å². The summed E-state index contributed by atoms with van der Waals surface area (Å²) in [6.45, 7) is 1.86. The Bertz CT molecular complexity index is 902. The van der Waals surface area contributed by atoms with Crippen LogP contribution in [0.3, 0.4) is 0 Å². The zero-order valence-electron chi connectivity index (χ0n) is 17.8. The molecule has 1 atom stereocenters. The number of anilines is 1. The minimum Gasteiger partial charge on any atom is -0.495 e. The van der Waals surface area contributed by atoms with E-state index in [9.17, 15) is 14.4 Å². The highest BCUT2D eigenvalue weighted by Crippen LogP contribution is 2.33. The van der Waals surface area contributed by atoms with Crippen molar-refractivity contribution >= 4 is 29.2 Å². The van der Waals surface area contributed by atoms with Gasteiger partial charge in [0.2, 0.25) is 0 Å². The summed E-state index contributed by atoms with van der Waals surface area (Å²) in [6, 6.07) is 5.20. The van der Waals surface area contributed by atoms with Gasteiger partial charge in [0.05, 0.1) is 18.5 Å². The van der Waals surface area contributed by atoms with Gasteiger partial charge in [-0.3, -0.25) is 4.79 Å². The summed E-state index contributed by atoms with van der Waals surface area (Å²) in [5.74, 6) is -0.0324. The molecule has 1 aromatic carbocycles. The van der Waals surface area contributed by atoms with Crippen LogP contribution in [0.15, 0.2) is 18.2 Å². The fourth-order valence-electron chi connectivity index (χ4n) is 5.03. The second-order valence-electron chi connectivity index (χ2n) is 8.56. The number of fused-ring (bicyclic) bond motifs is 1. The molecule has 0 bridgehead atoms. The molecule has 1 aromatic rings. The Labute approximate surface area is 177 Å². The Balaban J connectivity index is 1.58. The number of nitrogens with zero attached hydrogens (tertiary/aromatic N) is 2. The first-order chi connectivity index (χ1) is 14.5. The fraction of sp³-hybridized carbons (Fsp3) is 0.565. The molecule has 2 aliphatic carbocycles. The zero-order chi connectivity index (χ0) is 21.3. The van der Waals surface area contributed by atoms with Crippen LogP contribution in [0.1, 0.15) is 56.9 Å². The molecular weight excluding hydrogens is 382 g/mol. The predicted octanol–water partition coefficient (Wildman–Crippen LogP) is 3.49. The van der Waals surface area contributed by atoms with Crippen LogP contribution < -0.4 is 10.1 Å². The van der Waals surface area contributed by atoms with Crippen molar-refractivity contribution in [1.29, 1.82) is 0 Å². The molecule has 7 heteroatoms. The quantitative estimate of drug-likeness (QED) is 0.751. The topological polar surface area (TPSA) is 78.7 Å². The first-order valence-electron chi connectivity index (χ1n) is 10.9. The van der Waals surface area contributed by atoms with Crippen LogP contribution in [0.5, 0.6) is 5.75 Å². The molecule has 7 nitrogen and oxygen atoms in total. The molecule has 0 radical (unpaired) electrons. The van der Waals surface area contributed by atoms with E-state index in [0.717, 1.165) is 56.2 Å². The lowest BCUT2D eigenvalue weighted by atomic mass is 9.92. The summed E-state index contributed by atoms with van der Waals surface area (Å²) in [6.07, 6.45) is 7.28. The van der Waals surface area contributed by atoms with E-state index in [1.54, 1.807) is 11.7 Å².